The smallest absolute Gasteiger partial charge is 0.266 e. The fraction of sp³-hybridized carbons (Fsp3) is 0.200. The van der Waals surface area contributed by atoms with Gasteiger partial charge in [0.15, 0.2) is 5.16 Å². The highest BCUT2D eigenvalue weighted by Crippen LogP contribution is 2.35. The van der Waals surface area contributed by atoms with Gasteiger partial charge in [-0.3, -0.25) is 14.2 Å². The number of para-hydroxylation sites is 1. The molecule has 2 aromatic heterocycles. The number of nitriles is 1. The number of aromatic nitrogens is 2. The van der Waals surface area contributed by atoms with Crippen LogP contribution in [0.4, 0.5) is 0 Å². The Morgan fingerprint density at radius 2 is 1.97 bits per heavy atom. The first-order chi connectivity index (χ1) is 16.2. The van der Waals surface area contributed by atoms with Crippen molar-refractivity contribution in [1.82, 2.24) is 14.5 Å². The van der Waals surface area contributed by atoms with Crippen molar-refractivity contribution in [3.63, 3.8) is 0 Å². The summed E-state index contributed by atoms with van der Waals surface area (Å²) in [6, 6.07) is 20.3. The maximum atomic E-state index is 13.4. The molecule has 4 aromatic rings. The minimum atomic E-state index is -0.196. The van der Waals surface area contributed by atoms with Crippen LogP contribution in [0, 0.1) is 11.3 Å². The summed E-state index contributed by atoms with van der Waals surface area (Å²) in [7, 11) is 0. The molecule has 1 fully saturated rings. The number of thioether (sulfide) groups is 1. The van der Waals surface area contributed by atoms with Gasteiger partial charge in [0.1, 0.15) is 0 Å². The van der Waals surface area contributed by atoms with Crippen LogP contribution in [-0.2, 0) is 4.79 Å². The lowest BCUT2D eigenvalue weighted by molar-refractivity contribution is -0.129. The molecule has 0 radical (unpaired) electrons. The molecule has 0 N–H and O–H groups in total. The van der Waals surface area contributed by atoms with E-state index in [0.29, 0.717) is 27.3 Å². The molecular formula is C25H20N4O2S2. The van der Waals surface area contributed by atoms with Crippen molar-refractivity contribution < 1.29 is 4.79 Å². The number of thiophene rings is 1. The molecule has 8 heteroatoms. The van der Waals surface area contributed by atoms with Gasteiger partial charge in [0.25, 0.3) is 5.56 Å². The van der Waals surface area contributed by atoms with E-state index >= 15 is 0 Å². The largest absolute Gasteiger partial charge is 0.334 e. The van der Waals surface area contributed by atoms with Crippen LogP contribution in [0.5, 0.6) is 0 Å². The molecule has 1 aliphatic heterocycles. The number of hydrogen-bond donors (Lipinski definition) is 0. The molecule has 1 amide bonds. The first-order valence-corrected chi connectivity index (χ1v) is 12.5. The van der Waals surface area contributed by atoms with Crippen LogP contribution < -0.4 is 5.56 Å². The lowest BCUT2D eigenvalue weighted by Crippen LogP contribution is -2.32. The van der Waals surface area contributed by atoms with E-state index in [4.69, 9.17) is 10.2 Å². The second-order valence-corrected chi connectivity index (χ2v) is 9.68. The summed E-state index contributed by atoms with van der Waals surface area (Å²) in [5.74, 6) is 0.243. The van der Waals surface area contributed by atoms with E-state index in [0.717, 1.165) is 19.4 Å². The molecule has 5 rings (SSSR count). The molecule has 1 unspecified atom stereocenters. The Bertz CT molecular complexity index is 1410. The number of amides is 1. The Morgan fingerprint density at radius 1 is 1.15 bits per heavy atom. The van der Waals surface area contributed by atoms with Gasteiger partial charge in [-0.05, 0) is 60.7 Å². The number of carbonyl (C=O) groups is 1. The topological polar surface area (TPSA) is 79.0 Å². The highest BCUT2D eigenvalue weighted by molar-refractivity contribution is 7.99. The first-order valence-electron chi connectivity index (χ1n) is 10.6. The van der Waals surface area contributed by atoms with Crippen molar-refractivity contribution in [3.05, 3.63) is 86.8 Å². The van der Waals surface area contributed by atoms with E-state index in [1.54, 1.807) is 47.7 Å². The van der Waals surface area contributed by atoms with Crippen LogP contribution in [0.25, 0.3) is 16.6 Å². The predicted molar refractivity (Wildman–Crippen MR) is 131 cm³/mol. The molecule has 33 heavy (non-hydrogen) atoms. The summed E-state index contributed by atoms with van der Waals surface area (Å²) in [5, 5.41) is 12.1. The monoisotopic (exact) mass is 472 g/mol. The van der Waals surface area contributed by atoms with Gasteiger partial charge in [0, 0.05) is 11.4 Å². The van der Waals surface area contributed by atoms with Crippen LogP contribution in [0.2, 0.25) is 0 Å². The molecule has 0 saturated carbocycles. The zero-order valence-corrected chi connectivity index (χ0v) is 19.3. The lowest BCUT2D eigenvalue weighted by Gasteiger charge is -2.24. The first kappa shape index (κ1) is 21.4. The normalized spacial score (nSPS) is 15.6. The van der Waals surface area contributed by atoms with Gasteiger partial charge >= 0.3 is 0 Å². The van der Waals surface area contributed by atoms with Crippen LogP contribution in [0.1, 0.15) is 29.3 Å². The van der Waals surface area contributed by atoms with Crippen molar-refractivity contribution in [3.8, 4) is 11.8 Å². The standard InChI is InChI=1S/C25H20N4O2S2/c26-15-17-9-11-18(12-10-17)29-24(31)19-5-1-2-6-20(19)27-25(29)33-16-23(30)28-13-3-7-21(28)22-8-4-14-32-22/h1-2,4-6,8-12,14,21H,3,7,13,16H2. The summed E-state index contributed by atoms with van der Waals surface area (Å²) in [5.41, 5.74) is 1.53. The van der Waals surface area contributed by atoms with Gasteiger partial charge in [-0.2, -0.15) is 5.26 Å². The molecule has 1 aliphatic rings. The van der Waals surface area contributed by atoms with Gasteiger partial charge in [-0.15, -0.1) is 11.3 Å². The molecule has 1 saturated heterocycles. The highest BCUT2D eigenvalue weighted by Gasteiger charge is 2.30. The number of rotatable bonds is 5. The van der Waals surface area contributed by atoms with Crippen molar-refractivity contribution in [2.24, 2.45) is 0 Å². The van der Waals surface area contributed by atoms with Gasteiger partial charge in [-0.1, -0.05) is 30.0 Å². The lowest BCUT2D eigenvalue weighted by atomic mass is 10.2. The second-order valence-electron chi connectivity index (χ2n) is 7.76. The summed E-state index contributed by atoms with van der Waals surface area (Å²) in [4.78, 5) is 34.4. The van der Waals surface area contributed by atoms with Crippen LogP contribution in [0.15, 0.2) is 76.0 Å². The van der Waals surface area contributed by atoms with Crippen molar-refractivity contribution in [2.75, 3.05) is 12.3 Å². The number of nitrogens with zero attached hydrogens (tertiary/aromatic N) is 4. The minimum absolute atomic E-state index is 0.0460. The molecule has 0 aliphatic carbocycles. The van der Waals surface area contributed by atoms with Gasteiger partial charge in [-0.25, -0.2) is 4.98 Å². The summed E-state index contributed by atoms with van der Waals surface area (Å²) >= 11 is 2.95. The van der Waals surface area contributed by atoms with Gasteiger partial charge in [0.2, 0.25) is 5.91 Å². The predicted octanol–water partition coefficient (Wildman–Crippen LogP) is 4.77. The summed E-state index contributed by atoms with van der Waals surface area (Å²) in [6.07, 6.45) is 1.96. The number of carbonyl (C=O) groups excluding carboxylic acids is 1. The molecule has 6 nitrogen and oxygen atoms in total. The van der Waals surface area contributed by atoms with E-state index in [-0.39, 0.29) is 23.3 Å². The molecular weight excluding hydrogens is 452 g/mol. The Labute approximate surface area is 199 Å². The number of benzene rings is 2. The third-order valence-electron chi connectivity index (χ3n) is 5.77. The van der Waals surface area contributed by atoms with Crippen molar-refractivity contribution >= 4 is 39.9 Å². The van der Waals surface area contributed by atoms with E-state index < -0.39 is 0 Å². The SMILES string of the molecule is N#Cc1ccc(-n2c(SCC(=O)N3CCCC3c3cccs3)nc3ccccc3c2=O)cc1. The van der Waals surface area contributed by atoms with Crippen LogP contribution in [0.3, 0.4) is 0 Å². The van der Waals surface area contributed by atoms with Crippen molar-refractivity contribution in [1.29, 1.82) is 5.26 Å². The zero-order chi connectivity index (χ0) is 22.8. The average molecular weight is 473 g/mol. The molecule has 0 bridgehead atoms. The Morgan fingerprint density at radius 3 is 2.73 bits per heavy atom. The summed E-state index contributed by atoms with van der Waals surface area (Å²) < 4.78 is 1.53. The van der Waals surface area contributed by atoms with Crippen LogP contribution >= 0.6 is 23.1 Å². The van der Waals surface area contributed by atoms with E-state index in [2.05, 4.69) is 12.1 Å². The molecule has 0 spiro atoms. The quantitative estimate of drug-likeness (QED) is 0.309. The second kappa shape index (κ2) is 9.22. The fourth-order valence-corrected chi connectivity index (χ4v) is 5.95. The number of likely N-dealkylation sites (tertiary alicyclic amines) is 1. The Kier molecular flexibility index (Phi) is 5.99. The van der Waals surface area contributed by atoms with Crippen LogP contribution in [-0.4, -0.2) is 32.7 Å². The van der Waals surface area contributed by atoms with E-state index in [1.165, 1.54) is 21.2 Å². The third kappa shape index (κ3) is 4.17. The third-order valence-corrected chi connectivity index (χ3v) is 7.67. The molecule has 3 heterocycles. The zero-order valence-electron chi connectivity index (χ0n) is 17.7. The maximum absolute atomic E-state index is 13.4. The van der Waals surface area contributed by atoms with E-state index in [9.17, 15) is 9.59 Å². The molecule has 1 atom stereocenters. The maximum Gasteiger partial charge on any atom is 0.266 e. The number of fused-ring (bicyclic) bond motifs is 1. The summed E-state index contributed by atoms with van der Waals surface area (Å²) in [6.45, 7) is 0.746. The Hall–Kier alpha value is -3.41. The van der Waals surface area contributed by atoms with Gasteiger partial charge in [0.05, 0.1) is 40.0 Å². The fourth-order valence-electron chi connectivity index (χ4n) is 4.17. The van der Waals surface area contributed by atoms with Crippen molar-refractivity contribution in [2.45, 2.75) is 24.0 Å². The van der Waals surface area contributed by atoms with E-state index in [1.807, 2.05) is 28.5 Å². The average Bonchev–Trinajstić information content (AvgIpc) is 3.55. The Balaban J connectivity index is 1.47. The number of hydrogen-bond acceptors (Lipinski definition) is 6. The molecule has 2 aromatic carbocycles. The minimum Gasteiger partial charge on any atom is -0.334 e. The highest BCUT2D eigenvalue weighted by atomic mass is 32.2. The van der Waals surface area contributed by atoms with Gasteiger partial charge < -0.3 is 4.90 Å². The molecule has 164 valence electrons.